The number of rotatable bonds is 5. The van der Waals surface area contributed by atoms with Crippen molar-refractivity contribution in [3.63, 3.8) is 0 Å². The average molecular weight is 357 g/mol. The number of benzene rings is 1. The number of imidazole rings is 1. The highest BCUT2D eigenvalue weighted by molar-refractivity contribution is 7.99. The SMILES string of the molecule is Cc1cc2c(cc1Sc1nc3c(N)nccc3n1CCCN)OCO2. The second-order valence-electron chi connectivity index (χ2n) is 5.83. The lowest BCUT2D eigenvalue weighted by Crippen LogP contribution is -2.06. The molecule has 0 atom stereocenters. The van der Waals surface area contributed by atoms with Crippen LogP contribution < -0.4 is 20.9 Å². The Labute approximate surface area is 149 Å². The van der Waals surface area contributed by atoms with Crippen LogP contribution in [-0.2, 0) is 6.54 Å². The topological polar surface area (TPSA) is 101 Å². The Balaban J connectivity index is 1.77. The van der Waals surface area contributed by atoms with Crippen LogP contribution in [0.3, 0.4) is 0 Å². The summed E-state index contributed by atoms with van der Waals surface area (Å²) < 4.78 is 13.1. The molecule has 25 heavy (non-hydrogen) atoms. The molecule has 4 N–H and O–H groups in total. The predicted octanol–water partition coefficient (Wildman–Crippen LogP) is 2.55. The van der Waals surface area contributed by atoms with Crippen molar-refractivity contribution in [1.29, 1.82) is 0 Å². The molecule has 3 aromatic rings. The second kappa shape index (κ2) is 6.45. The van der Waals surface area contributed by atoms with Crippen LogP contribution >= 0.6 is 11.8 Å². The van der Waals surface area contributed by atoms with Crippen molar-refractivity contribution in [2.75, 3.05) is 19.1 Å². The van der Waals surface area contributed by atoms with Gasteiger partial charge in [-0.3, -0.25) is 0 Å². The van der Waals surface area contributed by atoms with Crippen LogP contribution in [0.5, 0.6) is 11.5 Å². The zero-order valence-electron chi connectivity index (χ0n) is 13.9. The van der Waals surface area contributed by atoms with E-state index in [0.29, 0.717) is 12.4 Å². The Morgan fingerprint density at radius 3 is 2.88 bits per heavy atom. The Morgan fingerprint density at radius 2 is 2.08 bits per heavy atom. The number of aromatic nitrogens is 3. The molecule has 0 unspecified atom stereocenters. The first-order chi connectivity index (χ1) is 12.2. The lowest BCUT2D eigenvalue weighted by molar-refractivity contribution is 0.174. The van der Waals surface area contributed by atoms with Gasteiger partial charge in [-0.25, -0.2) is 9.97 Å². The predicted molar refractivity (Wildman–Crippen MR) is 97.0 cm³/mol. The van der Waals surface area contributed by atoms with Gasteiger partial charge in [-0.15, -0.1) is 0 Å². The number of anilines is 1. The first-order valence-electron chi connectivity index (χ1n) is 8.06. The van der Waals surface area contributed by atoms with E-state index in [0.717, 1.165) is 51.1 Å². The molecule has 0 aliphatic carbocycles. The van der Waals surface area contributed by atoms with Crippen LogP contribution in [0.1, 0.15) is 12.0 Å². The largest absolute Gasteiger partial charge is 0.454 e. The van der Waals surface area contributed by atoms with Crippen molar-refractivity contribution in [2.45, 2.75) is 29.9 Å². The van der Waals surface area contributed by atoms with Crippen LogP contribution in [0.25, 0.3) is 11.0 Å². The van der Waals surface area contributed by atoms with Crippen molar-refractivity contribution in [2.24, 2.45) is 5.73 Å². The van der Waals surface area contributed by atoms with E-state index >= 15 is 0 Å². The molecule has 1 aliphatic rings. The minimum atomic E-state index is 0.264. The van der Waals surface area contributed by atoms with E-state index < -0.39 is 0 Å². The Kier molecular flexibility index (Phi) is 4.14. The van der Waals surface area contributed by atoms with Gasteiger partial charge in [0, 0.05) is 17.6 Å². The molecule has 0 spiro atoms. The highest BCUT2D eigenvalue weighted by Gasteiger charge is 2.19. The smallest absolute Gasteiger partial charge is 0.231 e. The maximum absolute atomic E-state index is 6.01. The van der Waals surface area contributed by atoms with Crippen LogP contribution in [0.2, 0.25) is 0 Å². The second-order valence-corrected chi connectivity index (χ2v) is 6.83. The lowest BCUT2D eigenvalue weighted by Gasteiger charge is -2.10. The fourth-order valence-electron chi connectivity index (χ4n) is 2.83. The van der Waals surface area contributed by atoms with Gasteiger partial charge < -0.3 is 25.5 Å². The molecule has 4 rings (SSSR count). The number of ether oxygens (including phenoxy) is 2. The number of hydrogen-bond acceptors (Lipinski definition) is 7. The molecule has 8 heteroatoms. The molecular weight excluding hydrogens is 338 g/mol. The fourth-order valence-corrected chi connectivity index (χ4v) is 3.85. The molecule has 0 saturated carbocycles. The third kappa shape index (κ3) is 2.87. The van der Waals surface area contributed by atoms with Crippen LogP contribution in [-0.4, -0.2) is 27.9 Å². The van der Waals surface area contributed by atoms with Gasteiger partial charge in [-0.1, -0.05) is 11.8 Å². The van der Waals surface area contributed by atoms with E-state index in [1.54, 1.807) is 18.0 Å². The molecule has 0 fully saturated rings. The number of hydrogen-bond donors (Lipinski definition) is 2. The maximum atomic E-state index is 6.01. The summed E-state index contributed by atoms with van der Waals surface area (Å²) in [5.41, 5.74) is 14.5. The first-order valence-corrected chi connectivity index (χ1v) is 8.88. The van der Waals surface area contributed by atoms with Crippen LogP contribution in [0.4, 0.5) is 5.82 Å². The summed E-state index contributed by atoms with van der Waals surface area (Å²) in [5.74, 6) is 1.99. The minimum Gasteiger partial charge on any atom is -0.454 e. The normalized spacial score (nSPS) is 12.9. The highest BCUT2D eigenvalue weighted by atomic mass is 32.2. The summed E-state index contributed by atoms with van der Waals surface area (Å²) in [6.07, 6.45) is 2.57. The zero-order chi connectivity index (χ0) is 17.4. The van der Waals surface area contributed by atoms with Gasteiger partial charge >= 0.3 is 0 Å². The molecule has 0 amide bonds. The van der Waals surface area contributed by atoms with Crippen molar-refractivity contribution in [3.05, 3.63) is 30.0 Å². The summed E-state index contributed by atoms with van der Waals surface area (Å²) in [5, 5.41) is 0.866. The molecule has 3 heterocycles. The van der Waals surface area contributed by atoms with E-state index in [2.05, 4.69) is 9.55 Å². The monoisotopic (exact) mass is 357 g/mol. The average Bonchev–Trinajstić information content (AvgIpc) is 3.18. The molecule has 1 aliphatic heterocycles. The molecule has 2 aromatic heterocycles. The quantitative estimate of drug-likeness (QED) is 0.723. The van der Waals surface area contributed by atoms with Gasteiger partial charge in [0.15, 0.2) is 22.5 Å². The number of aryl methyl sites for hydroxylation is 2. The number of nitrogens with two attached hydrogens (primary N) is 2. The minimum absolute atomic E-state index is 0.264. The van der Waals surface area contributed by atoms with Crippen LogP contribution in [0.15, 0.2) is 34.4 Å². The first kappa shape index (κ1) is 16.0. The maximum Gasteiger partial charge on any atom is 0.231 e. The number of fused-ring (bicyclic) bond motifs is 2. The summed E-state index contributed by atoms with van der Waals surface area (Å²) in [7, 11) is 0. The van der Waals surface area contributed by atoms with Gasteiger partial charge in [0.2, 0.25) is 6.79 Å². The van der Waals surface area contributed by atoms with E-state index in [-0.39, 0.29) is 6.79 Å². The fraction of sp³-hybridized carbons (Fsp3) is 0.294. The third-order valence-corrected chi connectivity index (χ3v) is 5.27. The molecular formula is C17H19N5O2S. The number of nitrogens with zero attached hydrogens (tertiary/aromatic N) is 3. The van der Waals surface area contributed by atoms with Crippen molar-refractivity contribution >= 4 is 28.6 Å². The Hall–Kier alpha value is -2.45. The summed E-state index contributed by atoms with van der Waals surface area (Å²) in [6.45, 7) is 3.71. The highest BCUT2D eigenvalue weighted by Crippen LogP contribution is 2.41. The van der Waals surface area contributed by atoms with E-state index in [1.807, 2.05) is 25.1 Å². The van der Waals surface area contributed by atoms with Gasteiger partial charge in [0.05, 0.1) is 5.52 Å². The lowest BCUT2D eigenvalue weighted by atomic mass is 10.2. The van der Waals surface area contributed by atoms with Gasteiger partial charge in [0.25, 0.3) is 0 Å². The zero-order valence-corrected chi connectivity index (χ0v) is 14.7. The van der Waals surface area contributed by atoms with Gasteiger partial charge in [-0.05, 0) is 43.7 Å². The van der Waals surface area contributed by atoms with Gasteiger partial charge in [0.1, 0.15) is 5.52 Å². The van der Waals surface area contributed by atoms with Crippen molar-refractivity contribution in [3.8, 4) is 11.5 Å². The summed E-state index contributed by atoms with van der Waals surface area (Å²) in [6, 6.07) is 5.93. The van der Waals surface area contributed by atoms with Gasteiger partial charge in [-0.2, -0.15) is 0 Å². The number of pyridine rings is 1. The molecule has 1 aromatic carbocycles. The van der Waals surface area contributed by atoms with E-state index in [9.17, 15) is 0 Å². The van der Waals surface area contributed by atoms with Crippen molar-refractivity contribution < 1.29 is 9.47 Å². The standard InChI is InChI=1S/C17H19N5O2S/c1-10-7-12-13(24-9-23-12)8-14(10)25-17-21-15-11(3-5-20-16(15)19)22(17)6-2-4-18/h3,5,7-8H,2,4,6,9,18H2,1H3,(H2,19,20). The van der Waals surface area contributed by atoms with Crippen molar-refractivity contribution in [1.82, 2.24) is 14.5 Å². The summed E-state index contributed by atoms with van der Waals surface area (Å²) >= 11 is 1.58. The Bertz CT molecular complexity index is 940. The third-order valence-electron chi connectivity index (χ3n) is 4.12. The molecule has 0 saturated heterocycles. The summed E-state index contributed by atoms with van der Waals surface area (Å²) in [4.78, 5) is 9.94. The van der Waals surface area contributed by atoms with Crippen LogP contribution in [0, 0.1) is 6.92 Å². The molecule has 7 nitrogen and oxygen atoms in total. The number of nitrogen functional groups attached to an aromatic ring is 1. The molecule has 0 radical (unpaired) electrons. The van der Waals surface area contributed by atoms with E-state index in [4.69, 9.17) is 25.9 Å². The Morgan fingerprint density at radius 1 is 1.28 bits per heavy atom. The molecule has 0 bridgehead atoms. The molecule has 130 valence electrons. The van der Waals surface area contributed by atoms with E-state index in [1.165, 1.54) is 0 Å².